The smallest absolute Gasteiger partial charge is 0.265 e. The van der Waals surface area contributed by atoms with E-state index in [1.54, 1.807) is 23.9 Å². The number of nitriles is 1. The monoisotopic (exact) mass is 354 g/mol. The SMILES string of the molecule is CN1CCC(N(C)C(=O)/C(C#N)=C\N(C)C2CCS(=O)(=O)C2)CC1. The number of hydrogen-bond acceptors (Lipinski definition) is 6. The zero-order valence-corrected chi connectivity index (χ0v) is 15.4. The van der Waals surface area contributed by atoms with Crippen LogP contribution in [0.2, 0.25) is 0 Å². The second kappa shape index (κ2) is 7.53. The van der Waals surface area contributed by atoms with Crippen LogP contribution in [0, 0.1) is 11.3 Å². The van der Waals surface area contributed by atoms with Gasteiger partial charge >= 0.3 is 0 Å². The third-order valence-corrected chi connectivity index (χ3v) is 6.77. The minimum atomic E-state index is -3.00. The highest BCUT2D eigenvalue weighted by atomic mass is 32.2. The predicted octanol–water partition coefficient (Wildman–Crippen LogP) is 0.0654. The Labute approximate surface area is 144 Å². The molecule has 1 amide bonds. The van der Waals surface area contributed by atoms with Gasteiger partial charge in [-0.2, -0.15) is 5.26 Å². The summed E-state index contributed by atoms with van der Waals surface area (Å²) >= 11 is 0. The van der Waals surface area contributed by atoms with Crippen LogP contribution in [0.1, 0.15) is 19.3 Å². The molecule has 7 nitrogen and oxygen atoms in total. The Hall–Kier alpha value is -1.59. The molecular formula is C16H26N4O3S. The van der Waals surface area contributed by atoms with E-state index in [9.17, 15) is 18.5 Å². The highest BCUT2D eigenvalue weighted by Crippen LogP contribution is 2.19. The number of carbonyl (C=O) groups excluding carboxylic acids is 1. The average Bonchev–Trinajstić information content (AvgIpc) is 2.92. The van der Waals surface area contributed by atoms with Crippen molar-refractivity contribution in [1.29, 1.82) is 5.26 Å². The second-order valence-electron chi connectivity index (χ2n) is 6.83. The van der Waals surface area contributed by atoms with Crippen LogP contribution in [-0.2, 0) is 14.6 Å². The van der Waals surface area contributed by atoms with Crippen molar-refractivity contribution in [1.82, 2.24) is 14.7 Å². The van der Waals surface area contributed by atoms with Gasteiger partial charge in [-0.05, 0) is 39.4 Å². The van der Waals surface area contributed by atoms with Crippen LogP contribution in [0.15, 0.2) is 11.8 Å². The van der Waals surface area contributed by atoms with Gasteiger partial charge in [0, 0.05) is 32.4 Å². The number of nitrogens with zero attached hydrogens (tertiary/aromatic N) is 4. The van der Waals surface area contributed by atoms with Crippen molar-refractivity contribution >= 4 is 15.7 Å². The van der Waals surface area contributed by atoms with Crippen LogP contribution >= 0.6 is 0 Å². The lowest BCUT2D eigenvalue weighted by Crippen LogP contribution is -2.45. The van der Waals surface area contributed by atoms with E-state index in [4.69, 9.17) is 0 Å². The summed E-state index contributed by atoms with van der Waals surface area (Å²) in [5, 5.41) is 9.36. The number of likely N-dealkylation sites (N-methyl/N-ethyl adjacent to an activating group) is 1. The number of rotatable bonds is 4. The molecule has 0 saturated carbocycles. The van der Waals surface area contributed by atoms with Crippen molar-refractivity contribution < 1.29 is 13.2 Å². The first-order chi connectivity index (χ1) is 11.2. The van der Waals surface area contributed by atoms with Crippen molar-refractivity contribution in [2.24, 2.45) is 0 Å². The molecule has 8 heteroatoms. The summed E-state index contributed by atoms with van der Waals surface area (Å²) in [6.45, 7) is 1.88. The minimum absolute atomic E-state index is 0.0585. The molecule has 0 aliphatic carbocycles. The van der Waals surface area contributed by atoms with E-state index in [0.717, 1.165) is 25.9 Å². The maximum absolute atomic E-state index is 12.6. The molecule has 24 heavy (non-hydrogen) atoms. The highest BCUT2D eigenvalue weighted by molar-refractivity contribution is 7.91. The number of amides is 1. The summed E-state index contributed by atoms with van der Waals surface area (Å²) in [6.07, 6.45) is 3.83. The molecule has 134 valence electrons. The average molecular weight is 354 g/mol. The molecule has 2 aliphatic rings. The van der Waals surface area contributed by atoms with Crippen molar-refractivity contribution in [2.45, 2.75) is 31.3 Å². The normalized spacial score (nSPS) is 25.2. The van der Waals surface area contributed by atoms with Gasteiger partial charge < -0.3 is 14.7 Å². The van der Waals surface area contributed by atoms with Gasteiger partial charge in [0.25, 0.3) is 5.91 Å². The minimum Gasteiger partial charge on any atom is -0.375 e. The molecule has 2 fully saturated rings. The first-order valence-corrected chi connectivity index (χ1v) is 10.1. The van der Waals surface area contributed by atoms with E-state index in [2.05, 4.69) is 11.9 Å². The number of carbonyl (C=O) groups is 1. The van der Waals surface area contributed by atoms with Gasteiger partial charge in [-0.25, -0.2) is 8.42 Å². The maximum Gasteiger partial charge on any atom is 0.265 e. The Bertz CT molecular complexity index is 645. The Balaban J connectivity index is 2.04. The lowest BCUT2D eigenvalue weighted by atomic mass is 10.0. The molecule has 2 aliphatic heterocycles. The molecule has 2 heterocycles. The fraction of sp³-hybridized carbons (Fsp3) is 0.750. The lowest BCUT2D eigenvalue weighted by Gasteiger charge is -2.35. The first-order valence-electron chi connectivity index (χ1n) is 8.23. The zero-order valence-electron chi connectivity index (χ0n) is 14.6. The van der Waals surface area contributed by atoms with Gasteiger partial charge in [-0.1, -0.05) is 0 Å². The largest absolute Gasteiger partial charge is 0.375 e. The van der Waals surface area contributed by atoms with Crippen LogP contribution in [0.25, 0.3) is 0 Å². The van der Waals surface area contributed by atoms with Gasteiger partial charge in [0.2, 0.25) is 0 Å². The third kappa shape index (κ3) is 4.48. The lowest BCUT2D eigenvalue weighted by molar-refractivity contribution is -0.128. The number of piperidine rings is 1. The number of sulfone groups is 1. The van der Waals surface area contributed by atoms with Crippen molar-refractivity contribution in [3.05, 3.63) is 11.8 Å². The summed E-state index contributed by atoms with van der Waals surface area (Å²) in [6, 6.07) is 1.95. The number of hydrogen-bond donors (Lipinski definition) is 0. The number of likely N-dealkylation sites (tertiary alicyclic amines) is 1. The molecule has 0 N–H and O–H groups in total. The topological polar surface area (TPSA) is 84.7 Å². The van der Waals surface area contributed by atoms with Gasteiger partial charge in [0.1, 0.15) is 11.6 Å². The van der Waals surface area contributed by atoms with E-state index in [1.165, 1.54) is 6.20 Å². The molecule has 2 rings (SSSR count). The standard InChI is InChI=1S/C16H26N4O3S/c1-18-7-4-14(5-8-18)20(3)16(21)13(10-17)11-19(2)15-6-9-24(22,23)12-15/h11,14-15H,4-9,12H2,1-3H3/b13-11-. The molecule has 0 bridgehead atoms. The van der Waals surface area contributed by atoms with E-state index in [0.29, 0.717) is 6.42 Å². The Morgan fingerprint density at radius 1 is 1.21 bits per heavy atom. The van der Waals surface area contributed by atoms with E-state index >= 15 is 0 Å². The van der Waals surface area contributed by atoms with Crippen molar-refractivity contribution in [2.75, 3.05) is 45.7 Å². The quantitative estimate of drug-likeness (QED) is 0.524. The zero-order chi connectivity index (χ0) is 17.9. The molecule has 1 unspecified atom stereocenters. The molecule has 0 aromatic carbocycles. The molecule has 2 saturated heterocycles. The molecule has 0 aromatic rings. The molecule has 0 aromatic heterocycles. The van der Waals surface area contributed by atoms with E-state index < -0.39 is 9.84 Å². The molecular weight excluding hydrogens is 328 g/mol. The van der Waals surface area contributed by atoms with E-state index in [-0.39, 0.29) is 35.1 Å². The fourth-order valence-electron chi connectivity index (χ4n) is 3.28. The van der Waals surface area contributed by atoms with Crippen LogP contribution < -0.4 is 0 Å². The van der Waals surface area contributed by atoms with Crippen molar-refractivity contribution in [3.8, 4) is 6.07 Å². The Kier molecular flexibility index (Phi) is 5.88. The second-order valence-corrected chi connectivity index (χ2v) is 9.06. The van der Waals surface area contributed by atoms with E-state index in [1.807, 2.05) is 6.07 Å². The highest BCUT2D eigenvalue weighted by Gasteiger charge is 2.31. The molecule has 1 atom stereocenters. The third-order valence-electron chi connectivity index (χ3n) is 5.02. The summed E-state index contributed by atoms with van der Waals surface area (Å²) in [5.74, 6) is -0.0430. The molecule has 0 spiro atoms. The van der Waals surface area contributed by atoms with Crippen LogP contribution in [-0.4, -0.2) is 86.8 Å². The van der Waals surface area contributed by atoms with Gasteiger partial charge in [0.05, 0.1) is 11.5 Å². The van der Waals surface area contributed by atoms with Gasteiger partial charge in [0.15, 0.2) is 9.84 Å². The van der Waals surface area contributed by atoms with Gasteiger partial charge in [-0.15, -0.1) is 0 Å². The van der Waals surface area contributed by atoms with Crippen LogP contribution in [0.3, 0.4) is 0 Å². The first kappa shape index (κ1) is 18.7. The summed E-state index contributed by atoms with van der Waals surface area (Å²) < 4.78 is 23.2. The Morgan fingerprint density at radius 2 is 1.83 bits per heavy atom. The maximum atomic E-state index is 12.6. The summed E-state index contributed by atoms with van der Waals surface area (Å²) in [7, 11) is 2.53. The van der Waals surface area contributed by atoms with Gasteiger partial charge in [-0.3, -0.25) is 4.79 Å². The van der Waals surface area contributed by atoms with Crippen LogP contribution in [0.4, 0.5) is 0 Å². The molecule has 0 radical (unpaired) electrons. The summed E-state index contributed by atoms with van der Waals surface area (Å²) in [4.78, 5) is 18.2. The Morgan fingerprint density at radius 3 is 2.33 bits per heavy atom. The van der Waals surface area contributed by atoms with Crippen molar-refractivity contribution in [3.63, 3.8) is 0 Å². The predicted molar refractivity (Wildman–Crippen MR) is 91.8 cm³/mol. The fourth-order valence-corrected chi connectivity index (χ4v) is 5.06. The summed E-state index contributed by atoms with van der Waals surface area (Å²) in [5.41, 5.74) is 0.0585. The van der Waals surface area contributed by atoms with Crippen LogP contribution in [0.5, 0.6) is 0 Å².